The van der Waals surface area contributed by atoms with Crippen molar-refractivity contribution in [2.75, 3.05) is 26.8 Å². The van der Waals surface area contributed by atoms with Crippen LogP contribution in [-0.2, 0) is 19.7 Å². The minimum Gasteiger partial charge on any atom is -0.481 e. The van der Waals surface area contributed by atoms with Gasteiger partial charge < -0.3 is 9.84 Å². The number of hydrogen-bond acceptors (Lipinski definition) is 4. The molecule has 0 amide bonds. The van der Waals surface area contributed by atoms with Crippen molar-refractivity contribution in [2.24, 2.45) is 5.41 Å². The zero-order valence-electron chi connectivity index (χ0n) is 11.0. The standard InChI is InChI=1S/C10H22N2O5S/c1-4-10(5-2,9(13)14)8-12-18(15,16)11-6-7-17-3/h11-12H,4-8H2,1-3H3,(H,13,14). The Bertz CT molecular complexity index is 351. The van der Waals surface area contributed by atoms with Gasteiger partial charge in [-0.05, 0) is 12.8 Å². The van der Waals surface area contributed by atoms with Gasteiger partial charge in [-0.1, -0.05) is 13.8 Å². The third-order valence-corrected chi connectivity index (χ3v) is 4.11. The summed E-state index contributed by atoms with van der Waals surface area (Å²) in [6.45, 7) is 3.73. The van der Waals surface area contributed by atoms with Gasteiger partial charge in [0.15, 0.2) is 0 Å². The Kier molecular flexibility index (Phi) is 7.37. The number of hydrogen-bond donors (Lipinski definition) is 3. The van der Waals surface area contributed by atoms with E-state index in [9.17, 15) is 13.2 Å². The van der Waals surface area contributed by atoms with E-state index in [1.165, 1.54) is 7.11 Å². The van der Waals surface area contributed by atoms with Crippen LogP contribution >= 0.6 is 0 Å². The minimum atomic E-state index is -3.68. The largest absolute Gasteiger partial charge is 0.481 e. The number of nitrogens with one attached hydrogen (secondary N) is 2. The zero-order chi connectivity index (χ0) is 14.2. The number of carboxylic acid groups (broad SMARTS) is 1. The monoisotopic (exact) mass is 282 g/mol. The molecule has 8 heteroatoms. The van der Waals surface area contributed by atoms with Gasteiger partial charge in [0.2, 0.25) is 0 Å². The molecular weight excluding hydrogens is 260 g/mol. The van der Waals surface area contributed by atoms with Crippen LogP contribution in [0, 0.1) is 5.41 Å². The Balaban J connectivity index is 4.48. The number of carboxylic acids is 1. The molecule has 108 valence electrons. The number of rotatable bonds is 10. The molecule has 3 N–H and O–H groups in total. The molecule has 0 aliphatic rings. The van der Waals surface area contributed by atoms with Gasteiger partial charge in [0, 0.05) is 20.2 Å². The first-order valence-corrected chi connectivity index (χ1v) is 7.28. The lowest BCUT2D eigenvalue weighted by atomic mass is 9.83. The lowest BCUT2D eigenvalue weighted by Gasteiger charge is -2.26. The second-order valence-corrected chi connectivity index (χ2v) is 5.59. The highest BCUT2D eigenvalue weighted by molar-refractivity contribution is 7.87. The first-order valence-electron chi connectivity index (χ1n) is 5.80. The van der Waals surface area contributed by atoms with Crippen molar-refractivity contribution in [1.29, 1.82) is 0 Å². The van der Waals surface area contributed by atoms with Crippen molar-refractivity contribution < 1.29 is 23.1 Å². The molecular formula is C10H22N2O5S. The predicted octanol–water partition coefficient (Wildman–Crippen LogP) is -0.0522. The summed E-state index contributed by atoms with van der Waals surface area (Å²) in [6, 6.07) is 0. The molecule has 7 nitrogen and oxygen atoms in total. The molecule has 0 bridgehead atoms. The van der Waals surface area contributed by atoms with Crippen LogP contribution in [0.15, 0.2) is 0 Å². The summed E-state index contributed by atoms with van der Waals surface area (Å²) in [4.78, 5) is 11.2. The van der Waals surface area contributed by atoms with E-state index in [1.807, 2.05) is 0 Å². The van der Waals surface area contributed by atoms with Crippen LogP contribution in [0.1, 0.15) is 26.7 Å². The summed E-state index contributed by atoms with van der Waals surface area (Å²) in [5.74, 6) is -0.993. The van der Waals surface area contributed by atoms with Gasteiger partial charge in [0.1, 0.15) is 0 Å². The van der Waals surface area contributed by atoms with Gasteiger partial charge in [-0.15, -0.1) is 0 Å². The molecule has 0 radical (unpaired) electrons. The fourth-order valence-electron chi connectivity index (χ4n) is 1.44. The van der Waals surface area contributed by atoms with Crippen molar-refractivity contribution >= 4 is 16.2 Å². The molecule has 0 rings (SSSR count). The van der Waals surface area contributed by atoms with Gasteiger partial charge >= 0.3 is 5.97 Å². The van der Waals surface area contributed by atoms with Crippen molar-refractivity contribution in [2.45, 2.75) is 26.7 Å². The summed E-state index contributed by atoms with van der Waals surface area (Å²) >= 11 is 0. The Labute approximate surface area is 108 Å². The van der Waals surface area contributed by atoms with Crippen LogP contribution in [0.5, 0.6) is 0 Å². The topological polar surface area (TPSA) is 105 Å². The van der Waals surface area contributed by atoms with Gasteiger partial charge in [-0.2, -0.15) is 13.1 Å². The SMILES string of the molecule is CCC(CC)(CNS(=O)(=O)NCCOC)C(=O)O. The van der Waals surface area contributed by atoms with E-state index >= 15 is 0 Å². The van der Waals surface area contributed by atoms with Gasteiger partial charge in [0.25, 0.3) is 10.2 Å². The number of carbonyl (C=O) groups is 1. The minimum absolute atomic E-state index is 0.127. The number of methoxy groups -OCH3 is 1. The molecule has 18 heavy (non-hydrogen) atoms. The summed E-state index contributed by atoms with van der Waals surface area (Å²) in [5, 5.41) is 9.16. The predicted molar refractivity (Wildman–Crippen MR) is 67.5 cm³/mol. The lowest BCUT2D eigenvalue weighted by molar-refractivity contribution is -0.149. The van der Waals surface area contributed by atoms with E-state index in [0.717, 1.165) is 0 Å². The highest BCUT2D eigenvalue weighted by Gasteiger charge is 2.35. The molecule has 0 fully saturated rings. The Morgan fingerprint density at radius 1 is 1.28 bits per heavy atom. The van der Waals surface area contributed by atoms with Gasteiger partial charge in [-0.3, -0.25) is 4.79 Å². The highest BCUT2D eigenvalue weighted by atomic mass is 32.2. The van der Waals surface area contributed by atoms with E-state index in [1.54, 1.807) is 13.8 Å². The molecule has 0 atom stereocenters. The van der Waals surface area contributed by atoms with E-state index in [4.69, 9.17) is 9.84 Å². The number of ether oxygens (including phenoxy) is 1. The van der Waals surface area contributed by atoms with Gasteiger partial charge in [-0.25, -0.2) is 4.72 Å². The molecule has 0 unspecified atom stereocenters. The van der Waals surface area contributed by atoms with Crippen molar-refractivity contribution in [3.63, 3.8) is 0 Å². The molecule has 0 saturated heterocycles. The molecule has 0 heterocycles. The first-order chi connectivity index (χ1) is 8.33. The lowest BCUT2D eigenvalue weighted by Crippen LogP contribution is -2.46. The average Bonchev–Trinajstić information content (AvgIpc) is 2.30. The van der Waals surface area contributed by atoms with Crippen LogP contribution in [0.4, 0.5) is 0 Å². The molecule has 0 aliphatic carbocycles. The van der Waals surface area contributed by atoms with Crippen LogP contribution in [-0.4, -0.2) is 46.3 Å². The zero-order valence-corrected chi connectivity index (χ0v) is 11.8. The summed E-state index contributed by atoms with van der Waals surface area (Å²) < 4.78 is 32.3. The molecule has 0 aliphatic heterocycles. The van der Waals surface area contributed by atoms with Crippen molar-refractivity contribution in [1.82, 2.24) is 9.44 Å². The fourth-order valence-corrected chi connectivity index (χ4v) is 2.36. The van der Waals surface area contributed by atoms with Crippen LogP contribution in [0.25, 0.3) is 0 Å². The van der Waals surface area contributed by atoms with Crippen molar-refractivity contribution in [3.8, 4) is 0 Å². The second kappa shape index (κ2) is 7.67. The maximum Gasteiger partial charge on any atom is 0.310 e. The summed E-state index contributed by atoms with van der Waals surface area (Å²) in [6.07, 6.45) is 0.721. The molecule has 0 aromatic heterocycles. The Morgan fingerprint density at radius 2 is 1.83 bits per heavy atom. The maximum absolute atomic E-state index is 11.5. The quantitative estimate of drug-likeness (QED) is 0.487. The Hall–Kier alpha value is -0.700. The average molecular weight is 282 g/mol. The van der Waals surface area contributed by atoms with E-state index in [0.29, 0.717) is 12.8 Å². The van der Waals surface area contributed by atoms with E-state index in [-0.39, 0.29) is 19.7 Å². The molecule has 0 aromatic carbocycles. The van der Waals surface area contributed by atoms with Crippen LogP contribution < -0.4 is 9.44 Å². The normalized spacial score (nSPS) is 12.6. The van der Waals surface area contributed by atoms with Gasteiger partial charge in [0.05, 0.1) is 12.0 Å². The maximum atomic E-state index is 11.5. The van der Waals surface area contributed by atoms with Crippen LogP contribution in [0.3, 0.4) is 0 Å². The second-order valence-electron chi connectivity index (χ2n) is 4.00. The first kappa shape index (κ1) is 17.3. The Morgan fingerprint density at radius 3 is 2.22 bits per heavy atom. The van der Waals surface area contributed by atoms with E-state index < -0.39 is 21.6 Å². The third kappa shape index (κ3) is 5.30. The van der Waals surface area contributed by atoms with E-state index in [2.05, 4.69) is 9.44 Å². The summed E-state index contributed by atoms with van der Waals surface area (Å²) in [5.41, 5.74) is -1.06. The van der Waals surface area contributed by atoms with Crippen LogP contribution in [0.2, 0.25) is 0 Å². The van der Waals surface area contributed by atoms with Crippen molar-refractivity contribution in [3.05, 3.63) is 0 Å². The highest BCUT2D eigenvalue weighted by Crippen LogP contribution is 2.25. The third-order valence-electron chi connectivity index (χ3n) is 3.01. The molecule has 0 aromatic rings. The molecule has 0 spiro atoms. The number of aliphatic carboxylic acids is 1. The molecule has 0 saturated carbocycles. The fraction of sp³-hybridized carbons (Fsp3) is 0.900. The smallest absolute Gasteiger partial charge is 0.310 e. The summed E-state index contributed by atoms with van der Waals surface area (Å²) in [7, 11) is -2.22.